The molecule has 0 saturated heterocycles. The first-order valence-electron chi connectivity index (χ1n) is 4.87. The van der Waals surface area contributed by atoms with Crippen LogP contribution in [0, 0.1) is 5.92 Å². The summed E-state index contributed by atoms with van der Waals surface area (Å²) in [6.07, 6.45) is 1.43. The van der Waals surface area contributed by atoms with Crippen molar-refractivity contribution in [2.24, 2.45) is 11.7 Å². The zero-order valence-corrected chi connectivity index (χ0v) is 7.99. The second-order valence-corrected chi connectivity index (χ2v) is 3.72. The highest BCUT2D eigenvalue weighted by Crippen LogP contribution is 2.24. The molecule has 1 unspecified atom stereocenters. The molecule has 1 atom stereocenters. The van der Waals surface area contributed by atoms with Crippen molar-refractivity contribution in [3.05, 3.63) is 29.8 Å². The van der Waals surface area contributed by atoms with Gasteiger partial charge in [-0.3, -0.25) is 4.79 Å². The Kier molecular flexibility index (Phi) is 2.50. The van der Waals surface area contributed by atoms with E-state index >= 15 is 0 Å². The lowest BCUT2D eigenvalue weighted by Crippen LogP contribution is -2.20. The van der Waals surface area contributed by atoms with E-state index in [2.05, 4.69) is 5.32 Å². The Balaban J connectivity index is 2.32. The fourth-order valence-corrected chi connectivity index (χ4v) is 1.83. The molecule has 74 valence electrons. The summed E-state index contributed by atoms with van der Waals surface area (Å²) in [7, 11) is 0. The monoisotopic (exact) mass is 190 g/mol. The maximum absolute atomic E-state index is 11.4. The zero-order valence-electron chi connectivity index (χ0n) is 7.99. The number of nitrogens with two attached hydrogens (primary N) is 1. The van der Waals surface area contributed by atoms with Crippen molar-refractivity contribution in [3.63, 3.8) is 0 Å². The van der Waals surface area contributed by atoms with Gasteiger partial charge in [0, 0.05) is 12.1 Å². The van der Waals surface area contributed by atoms with Crippen LogP contribution in [0.3, 0.4) is 0 Å². The topological polar surface area (TPSA) is 55.1 Å². The summed E-state index contributed by atoms with van der Waals surface area (Å²) in [4.78, 5) is 11.4. The number of carbonyl (C=O) groups excluding carboxylic acids is 1. The molecule has 2 rings (SSSR count). The maximum Gasteiger partial charge on any atom is 0.224 e. The van der Waals surface area contributed by atoms with Gasteiger partial charge >= 0.3 is 0 Å². The third-order valence-electron chi connectivity index (χ3n) is 2.61. The summed E-state index contributed by atoms with van der Waals surface area (Å²) in [6.45, 7) is 0.571. The number of para-hydroxylation sites is 1. The minimum atomic E-state index is 0.0744. The molecule has 1 amide bonds. The number of hydrogen-bond acceptors (Lipinski definition) is 2. The molecule has 1 aromatic rings. The van der Waals surface area contributed by atoms with Gasteiger partial charge in [0.15, 0.2) is 0 Å². The molecular formula is C11H14N2O. The van der Waals surface area contributed by atoms with Crippen LogP contribution in [0.5, 0.6) is 0 Å². The van der Waals surface area contributed by atoms with Crippen molar-refractivity contribution in [2.75, 3.05) is 11.9 Å². The first-order valence-corrected chi connectivity index (χ1v) is 4.87. The van der Waals surface area contributed by atoms with Gasteiger partial charge in [0.2, 0.25) is 5.91 Å². The third-order valence-corrected chi connectivity index (χ3v) is 2.61. The first kappa shape index (κ1) is 9.21. The molecule has 0 fully saturated rings. The lowest BCUT2D eigenvalue weighted by atomic mass is 9.97. The molecule has 1 heterocycles. The number of rotatable bonds is 1. The molecule has 14 heavy (non-hydrogen) atoms. The van der Waals surface area contributed by atoms with E-state index in [9.17, 15) is 4.79 Å². The molecule has 0 bridgehead atoms. The SMILES string of the molecule is NCC1CC(=O)Nc2ccccc2C1. The van der Waals surface area contributed by atoms with Crippen molar-refractivity contribution in [1.29, 1.82) is 0 Å². The summed E-state index contributed by atoms with van der Waals surface area (Å²) < 4.78 is 0. The lowest BCUT2D eigenvalue weighted by Gasteiger charge is -2.09. The van der Waals surface area contributed by atoms with Gasteiger partial charge in [-0.2, -0.15) is 0 Å². The van der Waals surface area contributed by atoms with Crippen LogP contribution in [0.2, 0.25) is 0 Å². The fourth-order valence-electron chi connectivity index (χ4n) is 1.83. The van der Waals surface area contributed by atoms with Crippen molar-refractivity contribution < 1.29 is 4.79 Å². The Morgan fingerprint density at radius 3 is 2.93 bits per heavy atom. The quantitative estimate of drug-likeness (QED) is 0.698. The van der Waals surface area contributed by atoms with Gasteiger partial charge in [0.25, 0.3) is 0 Å². The van der Waals surface area contributed by atoms with Gasteiger partial charge in [0.05, 0.1) is 0 Å². The molecular weight excluding hydrogens is 176 g/mol. The molecule has 1 aliphatic rings. The van der Waals surface area contributed by atoms with Crippen LogP contribution in [0.4, 0.5) is 5.69 Å². The van der Waals surface area contributed by atoms with E-state index in [1.54, 1.807) is 0 Å². The van der Waals surface area contributed by atoms with Gasteiger partial charge in [-0.1, -0.05) is 18.2 Å². The maximum atomic E-state index is 11.4. The van der Waals surface area contributed by atoms with Gasteiger partial charge in [0.1, 0.15) is 0 Å². The van der Waals surface area contributed by atoms with E-state index in [0.717, 1.165) is 12.1 Å². The highest BCUT2D eigenvalue weighted by molar-refractivity contribution is 5.92. The second-order valence-electron chi connectivity index (χ2n) is 3.72. The number of anilines is 1. The predicted molar refractivity (Wildman–Crippen MR) is 55.9 cm³/mol. The number of fused-ring (bicyclic) bond motifs is 1. The van der Waals surface area contributed by atoms with E-state index in [1.807, 2.05) is 24.3 Å². The van der Waals surface area contributed by atoms with Gasteiger partial charge in [-0.15, -0.1) is 0 Å². The Morgan fingerprint density at radius 1 is 1.36 bits per heavy atom. The molecule has 0 aliphatic carbocycles. The van der Waals surface area contributed by atoms with Crippen LogP contribution in [0.25, 0.3) is 0 Å². The smallest absolute Gasteiger partial charge is 0.224 e. The number of carbonyl (C=O) groups is 1. The predicted octanol–water partition coefficient (Wildman–Crippen LogP) is 1.15. The molecule has 1 aromatic carbocycles. The van der Waals surface area contributed by atoms with Crippen LogP contribution in [-0.2, 0) is 11.2 Å². The van der Waals surface area contributed by atoms with Crippen molar-refractivity contribution in [1.82, 2.24) is 0 Å². The van der Waals surface area contributed by atoms with Crippen LogP contribution >= 0.6 is 0 Å². The highest BCUT2D eigenvalue weighted by Gasteiger charge is 2.19. The molecule has 3 heteroatoms. The fraction of sp³-hybridized carbons (Fsp3) is 0.364. The minimum absolute atomic E-state index is 0.0744. The van der Waals surface area contributed by atoms with Crippen molar-refractivity contribution in [3.8, 4) is 0 Å². The largest absolute Gasteiger partial charge is 0.330 e. The van der Waals surface area contributed by atoms with E-state index in [1.165, 1.54) is 5.56 Å². The molecule has 0 aromatic heterocycles. The van der Waals surface area contributed by atoms with Crippen molar-refractivity contribution >= 4 is 11.6 Å². The van der Waals surface area contributed by atoms with Gasteiger partial charge in [-0.25, -0.2) is 0 Å². The Hall–Kier alpha value is -1.35. The number of hydrogen-bond donors (Lipinski definition) is 2. The number of nitrogens with one attached hydrogen (secondary N) is 1. The summed E-state index contributed by atoms with van der Waals surface area (Å²) in [6, 6.07) is 7.90. The van der Waals surface area contributed by atoms with E-state index in [0.29, 0.717) is 13.0 Å². The third kappa shape index (κ3) is 1.77. The second kappa shape index (κ2) is 3.80. The number of benzene rings is 1. The summed E-state index contributed by atoms with van der Waals surface area (Å²) in [5.41, 5.74) is 7.74. The Morgan fingerprint density at radius 2 is 2.14 bits per heavy atom. The summed E-state index contributed by atoms with van der Waals surface area (Å²) >= 11 is 0. The molecule has 3 N–H and O–H groups in total. The normalized spacial score (nSPS) is 20.9. The molecule has 0 spiro atoms. The minimum Gasteiger partial charge on any atom is -0.330 e. The van der Waals surface area contributed by atoms with Crippen LogP contribution < -0.4 is 11.1 Å². The van der Waals surface area contributed by atoms with Crippen molar-refractivity contribution in [2.45, 2.75) is 12.8 Å². The average molecular weight is 190 g/mol. The van der Waals surface area contributed by atoms with E-state index < -0.39 is 0 Å². The Labute approximate surface area is 83.3 Å². The van der Waals surface area contributed by atoms with Crippen LogP contribution in [0.1, 0.15) is 12.0 Å². The first-order chi connectivity index (χ1) is 6.79. The van der Waals surface area contributed by atoms with Crippen LogP contribution in [-0.4, -0.2) is 12.5 Å². The molecule has 0 saturated carbocycles. The Bertz CT molecular complexity index is 349. The van der Waals surface area contributed by atoms with Gasteiger partial charge < -0.3 is 11.1 Å². The van der Waals surface area contributed by atoms with E-state index in [4.69, 9.17) is 5.73 Å². The van der Waals surface area contributed by atoms with E-state index in [-0.39, 0.29) is 11.8 Å². The number of amides is 1. The average Bonchev–Trinajstić information content (AvgIpc) is 2.35. The molecule has 1 aliphatic heterocycles. The highest BCUT2D eigenvalue weighted by atomic mass is 16.1. The molecule has 0 radical (unpaired) electrons. The lowest BCUT2D eigenvalue weighted by molar-refractivity contribution is -0.116. The zero-order chi connectivity index (χ0) is 9.97. The van der Waals surface area contributed by atoms with Crippen LogP contribution in [0.15, 0.2) is 24.3 Å². The summed E-state index contributed by atoms with van der Waals surface area (Å²) in [5.74, 6) is 0.351. The molecule has 3 nitrogen and oxygen atoms in total. The van der Waals surface area contributed by atoms with Gasteiger partial charge in [-0.05, 0) is 30.5 Å². The standard InChI is InChI=1S/C11H14N2O/c12-7-8-5-9-3-1-2-4-10(9)13-11(14)6-8/h1-4,8H,5-7,12H2,(H,13,14). The summed E-state index contributed by atoms with van der Waals surface area (Å²) in [5, 5.41) is 2.89.